The van der Waals surface area contributed by atoms with Gasteiger partial charge in [0.15, 0.2) is 0 Å². The lowest BCUT2D eigenvalue weighted by Gasteiger charge is -2.10. The Labute approximate surface area is 138 Å². The van der Waals surface area contributed by atoms with Gasteiger partial charge in [0.25, 0.3) is 0 Å². The fourth-order valence-corrected chi connectivity index (χ4v) is 2.07. The third kappa shape index (κ3) is 8.86. The van der Waals surface area contributed by atoms with E-state index in [-0.39, 0.29) is 11.8 Å². The maximum Gasteiger partial charge on any atom is 0.220 e. The molecule has 0 saturated heterocycles. The van der Waals surface area contributed by atoms with Gasteiger partial charge < -0.3 is 15.4 Å². The molecule has 0 heterocycles. The Bertz CT molecular complexity index is 501. The van der Waals surface area contributed by atoms with Gasteiger partial charge in [0.1, 0.15) is 5.75 Å². The SMILES string of the molecule is Cc1ccccc1OCCCC(=O)NCCNC(=O)CC(C)C. The average molecular weight is 320 g/mol. The van der Waals surface area contributed by atoms with E-state index in [0.717, 1.165) is 11.3 Å². The van der Waals surface area contributed by atoms with Crippen molar-refractivity contribution in [3.05, 3.63) is 29.8 Å². The first-order valence-electron chi connectivity index (χ1n) is 8.21. The summed E-state index contributed by atoms with van der Waals surface area (Å²) in [6.07, 6.45) is 1.61. The Morgan fingerprint density at radius 3 is 2.39 bits per heavy atom. The second kappa shape index (κ2) is 10.6. The highest BCUT2D eigenvalue weighted by Gasteiger charge is 2.05. The molecule has 0 atom stereocenters. The molecule has 0 aromatic heterocycles. The number of hydrogen-bond donors (Lipinski definition) is 2. The Morgan fingerprint density at radius 2 is 1.74 bits per heavy atom. The number of ether oxygens (including phenoxy) is 1. The minimum atomic E-state index is -0.0171. The van der Waals surface area contributed by atoms with Gasteiger partial charge in [-0.1, -0.05) is 32.0 Å². The summed E-state index contributed by atoms with van der Waals surface area (Å²) >= 11 is 0. The normalized spacial score (nSPS) is 10.4. The molecule has 2 amide bonds. The largest absolute Gasteiger partial charge is 0.493 e. The number of aryl methyl sites for hydroxylation is 1. The van der Waals surface area contributed by atoms with Gasteiger partial charge in [-0.3, -0.25) is 9.59 Å². The molecule has 0 aliphatic rings. The van der Waals surface area contributed by atoms with Crippen molar-refractivity contribution >= 4 is 11.8 Å². The van der Waals surface area contributed by atoms with Crippen LogP contribution in [-0.2, 0) is 9.59 Å². The molecule has 0 aliphatic carbocycles. The molecule has 0 bridgehead atoms. The Balaban J connectivity index is 2.04. The first-order chi connectivity index (χ1) is 11.0. The Morgan fingerprint density at radius 1 is 1.09 bits per heavy atom. The van der Waals surface area contributed by atoms with Gasteiger partial charge in [-0.05, 0) is 30.9 Å². The quantitative estimate of drug-likeness (QED) is 0.651. The van der Waals surface area contributed by atoms with Gasteiger partial charge in [0.05, 0.1) is 6.61 Å². The molecule has 2 N–H and O–H groups in total. The van der Waals surface area contributed by atoms with Crippen LogP contribution in [0.3, 0.4) is 0 Å². The van der Waals surface area contributed by atoms with Crippen molar-refractivity contribution in [2.24, 2.45) is 5.92 Å². The molecule has 5 nitrogen and oxygen atoms in total. The highest BCUT2D eigenvalue weighted by atomic mass is 16.5. The summed E-state index contributed by atoms with van der Waals surface area (Å²) < 4.78 is 5.64. The van der Waals surface area contributed by atoms with Crippen LogP contribution in [0.25, 0.3) is 0 Å². The zero-order chi connectivity index (χ0) is 17.1. The number of nitrogens with one attached hydrogen (secondary N) is 2. The first kappa shape index (κ1) is 19.0. The second-order valence-corrected chi connectivity index (χ2v) is 6.02. The van der Waals surface area contributed by atoms with Crippen molar-refractivity contribution in [1.82, 2.24) is 10.6 Å². The van der Waals surface area contributed by atoms with Crippen LogP contribution in [0, 0.1) is 12.8 Å². The van der Waals surface area contributed by atoms with E-state index in [1.54, 1.807) is 0 Å². The van der Waals surface area contributed by atoms with Gasteiger partial charge in [0.2, 0.25) is 11.8 Å². The van der Waals surface area contributed by atoms with Gasteiger partial charge in [-0.25, -0.2) is 0 Å². The number of para-hydroxylation sites is 1. The second-order valence-electron chi connectivity index (χ2n) is 6.02. The summed E-state index contributed by atoms with van der Waals surface area (Å²) in [5.74, 6) is 1.22. The van der Waals surface area contributed by atoms with Crippen molar-refractivity contribution in [2.45, 2.75) is 40.0 Å². The van der Waals surface area contributed by atoms with Gasteiger partial charge in [0, 0.05) is 25.9 Å². The lowest BCUT2D eigenvalue weighted by molar-refractivity contribution is -0.123. The van der Waals surface area contributed by atoms with Crippen LogP contribution < -0.4 is 15.4 Å². The van der Waals surface area contributed by atoms with Crippen LogP contribution in [-0.4, -0.2) is 31.5 Å². The highest BCUT2D eigenvalue weighted by Crippen LogP contribution is 2.16. The molecule has 0 unspecified atom stereocenters. The van der Waals surface area contributed by atoms with Crippen LogP contribution in [0.15, 0.2) is 24.3 Å². The predicted molar refractivity (Wildman–Crippen MR) is 91.4 cm³/mol. The molecule has 5 heteroatoms. The van der Waals surface area contributed by atoms with Crippen LogP contribution >= 0.6 is 0 Å². The minimum Gasteiger partial charge on any atom is -0.493 e. The van der Waals surface area contributed by atoms with E-state index >= 15 is 0 Å². The number of rotatable bonds is 10. The van der Waals surface area contributed by atoms with Crippen molar-refractivity contribution in [1.29, 1.82) is 0 Å². The number of benzene rings is 1. The zero-order valence-corrected chi connectivity index (χ0v) is 14.4. The lowest BCUT2D eigenvalue weighted by atomic mass is 10.1. The molecule has 0 saturated carbocycles. The van der Waals surface area contributed by atoms with Crippen LogP contribution in [0.5, 0.6) is 5.75 Å². The molecule has 1 aromatic rings. The summed E-state index contributed by atoms with van der Waals surface area (Å²) in [6, 6.07) is 7.82. The van der Waals surface area contributed by atoms with Crippen molar-refractivity contribution in [2.75, 3.05) is 19.7 Å². The van der Waals surface area contributed by atoms with E-state index < -0.39 is 0 Å². The molecule has 0 aliphatic heterocycles. The van der Waals surface area contributed by atoms with Crippen molar-refractivity contribution < 1.29 is 14.3 Å². The molecule has 0 spiro atoms. The zero-order valence-electron chi connectivity index (χ0n) is 14.4. The highest BCUT2D eigenvalue weighted by molar-refractivity contribution is 5.77. The Hall–Kier alpha value is -2.04. The van der Waals surface area contributed by atoms with E-state index in [2.05, 4.69) is 10.6 Å². The summed E-state index contributed by atoms with van der Waals surface area (Å²) in [7, 11) is 0. The van der Waals surface area contributed by atoms with Gasteiger partial charge in [-0.15, -0.1) is 0 Å². The number of hydrogen-bond acceptors (Lipinski definition) is 3. The van der Waals surface area contributed by atoms with E-state index in [0.29, 0.717) is 44.9 Å². The van der Waals surface area contributed by atoms with E-state index in [1.807, 2.05) is 45.0 Å². The number of amides is 2. The van der Waals surface area contributed by atoms with Crippen LogP contribution in [0.2, 0.25) is 0 Å². The van der Waals surface area contributed by atoms with E-state index in [9.17, 15) is 9.59 Å². The summed E-state index contributed by atoms with van der Waals surface area (Å²) in [5.41, 5.74) is 1.09. The molecule has 0 radical (unpaired) electrons. The fourth-order valence-electron chi connectivity index (χ4n) is 2.07. The summed E-state index contributed by atoms with van der Waals surface area (Å²) in [4.78, 5) is 23.1. The van der Waals surface area contributed by atoms with Crippen molar-refractivity contribution in [3.63, 3.8) is 0 Å². The fraction of sp³-hybridized carbons (Fsp3) is 0.556. The molecule has 23 heavy (non-hydrogen) atoms. The maximum atomic E-state index is 11.7. The lowest BCUT2D eigenvalue weighted by Crippen LogP contribution is -2.35. The monoisotopic (exact) mass is 320 g/mol. The summed E-state index contributed by atoms with van der Waals surface area (Å²) in [6.45, 7) is 7.44. The molecular weight excluding hydrogens is 292 g/mol. The van der Waals surface area contributed by atoms with E-state index in [1.165, 1.54) is 0 Å². The van der Waals surface area contributed by atoms with Crippen LogP contribution in [0.1, 0.15) is 38.7 Å². The molecule has 0 fully saturated rings. The van der Waals surface area contributed by atoms with E-state index in [4.69, 9.17) is 4.74 Å². The maximum absolute atomic E-state index is 11.7. The third-order valence-electron chi connectivity index (χ3n) is 3.26. The standard InChI is InChI=1S/C18H28N2O3/c1-14(2)13-18(22)20-11-10-19-17(21)9-6-12-23-16-8-5-4-7-15(16)3/h4-5,7-8,14H,6,9-13H2,1-3H3,(H,19,21)(H,20,22). The van der Waals surface area contributed by atoms with Crippen LogP contribution in [0.4, 0.5) is 0 Å². The predicted octanol–water partition coefficient (Wildman–Crippen LogP) is 2.43. The van der Waals surface area contributed by atoms with Crippen molar-refractivity contribution in [3.8, 4) is 5.75 Å². The molecule has 1 aromatic carbocycles. The minimum absolute atomic E-state index is 0.0171. The molecular formula is C18H28N2O3. The molecule has 1 rings (SSSR count). The number of carbonyl (C=O) groups is 2. The smallest absolute Gasteiger partial charge is 0.220 e. The molecule has 128 valence electrons. The summed E-state index contributed by atoms with van der Waals surface area (Å²) in [5, 5.41) is 5.58. The van der Waals surface area contributed by atoms with Gasteiger partial charge >= 0.3 is 0 Å². The third-order valence-corrected chi connectivity index (χ3v) is 3.26. The average Bonchev–Trinajstić information content (AvgIpc) is 2.49. The van der Waals surface area contributed by atoms with Gasteiger partial charge in [-0.2, -0.15) is 0 Å². The number of carbonyl (C=O) groups excluding carboxylic acids is 2. The topological polar surface area (TPSA) is 67.4 Å². The Kier molecular flexibility index (Phi) is 8.80. The first-order valence-corrected chi connectivity index (χ1v) is 8.21.